The van der Waals surface area contributed by atoms with E-state index in [2.05, 4.69) is 10.1 Å². The number of aliphatic hydroxyl groups is 1. The zero-order valence-electron chi connectivity index (χ0n) is 16.3. The second kappa shape index (κ2) is 7.56. The van der Waals surface area contributed by atoms with Crippen molar-refractivity contribution >= 4 is 5.78 Å². The van der Waals surface area contributed by atoms with E-state index in [-0.39, 0.29) is 11.2 Å². The van der Waals surface area contributed by atoms with E-state index < -0.39 is 59.1 Å². The van der Waals surface area contributed by atoms with Crippen molar-refractivity contribution < 1.29 is 40.2 Å². The molecule has 1 unspecified atom stereocenters. The number of hydrogen-bond donors (Lipinski definition) is 1. The van der Waals surface area contributed by atoms with Gasteiger partial charge in [0.1, 0.15) is 6.54 Å². The Bertz CT molecular complexity index is 1200. The maximum Gasteiger partial charge on any atom is 0.455 e. The topological polar surface area (TPSA) is 77.4 Å². The van der Waals surface area contributed by atoms with Gasteiger partial charge < -0.3 is 9.67 Å². The number of hydrogen-bond acceptors (Lipinski definition) is 4. The summed E-state index contributed by atoms with van der Waals surface area (Å²) in [5.41, 5.74) is -4.32. The van der Waals surface area contributed by atoms with Crippen LogP contribution in [0.4, 0.5) is 35.1 Å². The van der Waals surface area contributed by atoms with Crippen LogP contribution in [-0.4, -0.2) is 47.0 Å². The van der Waals surface area contributed by atoms with Gasteiger partial charge in [-0.2, -0.15) is 40.2 Å². The standard InChI is InChI=1S/C17H15F8N5O2/c1-8-4-30-13(32)11(10-3-26-28(6-10)7-15(18,19)17(23,24)25)12(16(20,21)22)27-14(30)29(8)5-9(2)31/h3-4,6,9,31H,5,7H2,1-2H3. The van der Waals surface area contributed by atoms with Gasteiger partial charge in [0, 0.05) is 23.7 Å². The van der Waals surface area contributed by atoms with E-state index in [1.54, 1.807) is 0 Å². The fourth-order valence-corrected chi connectivity index (χ4v) is 3.07. The van der Waals surface area contributed by atoms with Crippen LogP contribution >= 0.6 is 0 Å². The van der Waals surface area contributed by atoms with Crippen LogP contribution in [0.1, 0.15) is 18.3 Å². The van der Waals surface area contributed by atoms with Crippen molar-refractivity contribution in [3.05, 3.63) is 40.3 Å². The van der Waals surface area contributed by atoms with Gasteiger partial charge in [0.05, 0.1) is 24.4 Å². The molecule has 3 heterocycles. The van der Waals surface area contributed by atoms with E-state index in [9.17, 15) is 45.0 Å². The van der Waals surface area contributed by atoms with Crippen LogP contribution in [0.5, 0.6) is 0 Å². The van der Waals surface area contributed by atoms with Gasteiger partial charge in [-0.3, -0.25) is 13.9 Å². The summed E-state index contributed by atoms with van der Waals surface area (Å²) in [4.78, 5) is 16.4. The van der Waals surface area contributed by atoms with Gasteiger partial charge in [-0.05, 0) is 13.8 Å². The molecule has 0 aliphatic heterocycles. The lowest BCUT2D eigenvalue weighted by molar-refractivity contribution is -0.287. The van der Waals surface area contributed by atoms with Crippen molar-refractivity contribution in [1.82, 2.24) is 23.7 Å². The number of rotatable bonds is 5. The molecule has 0 saturated heterocycles. The average Bonchev–Trinajstić information content (AvgIpc) is 3.18. The van der Waals surface area contributed by atoms with Gasteiger partial charge in [-0.25, -0.2) is 4.98 Å². The molecule has 7 nitrogen and oxygen atoms in total. The number of halogens is 8. The number of fused-ring (bicyclic) bond motifs is 1. The van der Waals surface area contributed by atoms with Crippen LogP contribution in [0.15, 0.2) is 23.4 Å². The van der Waals surface area contributed by atoms with Gasteiger partial charge in [-0.1, -0.05) is 0 Å². The summed E-state index contributed by atoms with van der Waals surface area (Å²) in [6.45, 7) is 0.674. The quantitative estimate of drug-likeness (QED) is 0.578. The number of nitrogens with zero attached hydrogens (tertiary/aromatic N) is 5. The van der Waals surface area contributed by atoms with E-state index >= 15 is 0 Å². The predicted octanol–water partition coefficient (Wildman–Crippen LogP) is 3.27. The smallest absolute Gasteiger partial charge is 0.392 e. The SMILES string of the molecule is Cc1cn2c(=O)c(-c3cnn(CC(F)(F)C(F)(F)F)c3)c(C(F)(F)F)nc2n1CC(C)O. The molecule has 0 spiro atoms. The van der Waals surface area contributed by atoms with E-state index in [1.807, 2.05) is 0 Å². The van der Waals surface area contributed by atoms with Crippen LogP contribution in [0.3, 0.4) is 0 Å². The molecule has 3 rings (SSSR count). The van der Waals surface area contributed by atoms with Crippen LogP contribution in [0, 0.1) is 6.92 Å². The Balaban J connectivity index is 2.20. The average molecular weight is 473 g/mol. The van der Waals surface area contributed by atoms with Crippen LogP contribution in [0.2, 0.25) is 0 Å². The first-order chi connectivity index (χ1) is 14.5. The molecule has 3 aromatic rings. The summed E-state index contributed by atoms with van der Waals surface area (Å²) < 4.78 is 107. The second-order valence-electron chi connectivity index (χ2n) is 7.17. The summed E-state index contributed by atoms with van der Waals surface area (Å²) in [6.07, 6.45) is -9.83. The van der Waals surface area contributed by atoms with Crippen molar-refractivity contribution in [3.63, 3.8) is 0 Å². The normalized spacial score (nSPS) is 14.3. The minimum absolute atomic E-state index is 0.0984. The molecular weight excluding hydrogens is 458 g/mol. The molecule has 0 amide bonds. The number of aryl methyl sites for hydroxylation is 1. The van der Waals surface area contributed by atoms with Gasteiger partial charge >= 0.3 is 18.3 Å². The fraction of sp³-hybridized carbons (Fsp3) is 0.471. The molecule has 0 aromatic carbocycles. The summed E-state index contributed by atoms with van der Waals surface area (Å²) in [6, 6.07) is 0. The zero-order valence-corrected chi connectivity index (χ0v) is 16.3. The van der Waals surface area contributed by atoms with Gasteiger partial charge in [-0.15, -0.1) is 0 Å². The molecule has 3 aromatic heterocycles. The van der Waals surface area contributed by atoms with E-state index in [0.29, 0.717) is 18.1 Å². The lowest BCUT2D eigenvalue weighted by Gasteiger charge is -2.19. The largest absolute Gasteiger partial charge is 0.455 e. The number of aliphatic hydroxyl groups excluding tert-OH is 1. The highest BCUT2D eigenvalue weighted by molar-refractivity contribution is 5.65. The summed E-state index contributed by atoms with van der Waals surface area (Å²) >= 11 is 0. The Labute approximate surface area is 173 Å². The molecule has 0 bridgehead atoms. The van der Waals surface area contributed by atoms with Gasteiger partial charge in [0.25, 0.3) is 5.56 Å². The maximum absolute atomic E-state index is 13.7. The summed E-state index contributed by atoms with van der Waals surface area (Å²) in [7, 11) is 0. The summed E-state index contributed by atoms with van der Waals surface area (Å²) in [5.74, 6) is -5.63. The highest BCUT2D eigenvalue weighted by Crippen LogP contribution is 2.37. The molecule has 0 saturated carbocycles. The highest BCUT2D eigenvalue weighted by Gasteiger charge is 2.57. The fourth-order valence-electron chi connectivity index (χ4n) is 3.07. The van der Waals surface area contributed by atoms with E-state index in [1.165, 1.54) is 24.6 Å². The monoisotopic (exact) mass is 473 g/mol. The van der Waals surface area contributed by atoms with Crippen molar-refractivity contribution in [2.75, 3.05) is 0 Å². The van der Waals surface area contributed by atoms with Crippen LogP contribution < -0.4 is 5.56 Å². The van der Waals surface area contributed by atoms with Crippen LogP contribution in [-0.2, 0) is 19.3 Å². The molecule has 0 aliphatic rings. The molecule has 32 heavy (non-hydrogen) atoms. The van der Waals surface area contributed by atoms with Gasteiger partial charge in [0.15, 0.2) is 5.69 Å². The Hall–Kier alpha value is -2.97. The molecule has 0 aliphatic carbocycles. The molecule has 15 heteroatoms. The summed E-state index contributed by atoms with van der Waals surface area (Å²) in [5, 5.41) is 12.8. The number of alkyl halides is 8. The Kier molecular flexibility index (Phi) is 5.60. The molecular formula is C17H15F8N5O2. The third-order valence-electron chi connectivity index (χ3n) is 4.49. The van der Waals surface area contributed by atoms with Crippen molar-refractivity contribution in [1.29, 1.82) is 0 Å². The lowest BCUT2D eigenvalue weighted by atomic mass is 10.1. The molecule has 1 N–H and O–H groups in total. The van der Waals surface area contributed by atoms with Crippen LogP contribution in [0.25, 0.3) is 16.9 Å². The van der Waals surface area contributed by atoms with E-state index in [4.69, 9.17) is 0 Å². The second-order valence-corrected chi connectivity index (χ2v) is 7.17. The van der Waals surface area contributed by atoms with E-state index in [0.717, 1.165) is 4.40 Å². The lowest BCUT2D eigenvalue weighted by Crippen LogP contribution is -2.40. The Morgan fingerprint density at radius 2 is 1.72 bits per heavy atom. The first-order valence-corrected chi connectivity index (χ1v) is 8.88. The highest BCUT2D eigenvalue weighted by atomic mass is 19.4. The predicted molar refractivity (Wildman–Crippen MR) is 93.1 cm³/mol. The third-order valence-corrected chi connectivity index (χ3v) is 4.49. The van der Waals surface area contributed by atoms with Crippen molar-refractivity contribution in [2.24, 2.45) is 0 Å². The molecule has 176 valence electrons. The van der Waals surface area contributed by atoms with Crippen molar-refractivity contribution in [3.8, 4) is 11.1 Å². The Morgan fingerprint density at radius 1 is 1.09 bits per heavy atom. The number of aromatic nitrogens is 5. The Morgan fingerprint density at radius 3 is 2.25 bits per heavy atom. The van der Waals surface area contributed by atoms with Gasteiger partial charge in [0.2, 0.25) is 5.78 Å². The maximum atomic E-state index is 13.7. The first kappa shape index (κ1) is 23.7. The number of imidazole rings is 1. The van der Waals surface area contributed by atoms with Crippen molar-refractivity contribution in [2.45, 2.75) is 51.3 Å². The molecule has 0 radical (unpaired) electrons. The third kappa shape index (κ3) is 4.20. The zero-order chi connectivity index (χ0) is 24.2. The first-order valence-electron chi connectivity index (χ1n) is 8.88. The minimum Gasteiger partial charge on any atom is -0.392 e. The molecule has 0 fully saturated rings. The molecule has 1 atom stereocenters. The minimum atomic E-state index is -5.90.